The van der Waals surface area contributed by atoms with Crippen molar-refractivity contribution in [2.45, 2.75) is 32.6 Å². The number of hydrogen-bond donors (Lipinski definition) is 1. The number of hydrogen-bond acceptors (Lipinski definition) is 4. The topological polar surface area (TPSA) is 80.4 Å². The molecular weight excluding hydrogens is 268 g/mol. The van der Waals surface area contributed by atoms with E-state index in [-0.39, 0.29) is 5.69 Å². The van der Waals surface area contributed by atoms with Crippen molar-refractivity contribution in [3.63, 3.8) is 0 Å². The van der Waals surface area contributed by atoms with E-state index in [1.54, 1.807) is 6.07 Å². The summed E-state index contributed by atoms with van der Waals surface area (Å²) in [5, 5.41) is 14.6. The van der Waals surface area contributed by atoms with E-state index in [4.69, 9.17) is 0 Å². The second-order valence-corrected chi connectivity index (χ2v) is 5.66. The molecule has 0 spiro atoms. The summed E-state index contributed by atoms with van der Waals surface area (Å²) in [5.41, 5.74) is 4.03. The summed E-state index contributed by atoms with van der Waals surface area (Å²) in [7, 11) is 0. The smallest absolute Gasteiger partial charge is 0.354 e. The molecule has 4 rings (SSSR count). The van der Waals surface area contributed by atoms with Crippen molar-refractivity contribution in [1.29, 1.82) is 0 Å². The van der Waals surface area contributed by atoms with E-state index in [2.05, 4.69) is 15.1 Å². The first-order valence-corrected chi connectivity index (χ1v) is 6.95. The van der Waals surface area contributed by atoms with Crippen molar-refractivity contribution in [3.05, 3.63) is 34.8 Å². The SMILES string of the molecule is Cc1cc(C)c2c(n1)nn1c(C(=O)O)cc(C3CC3)nc21. The number of fused-ring (bicyclic) bond motifs is 3. The van der Waals surface area contributed by atoms with Crippen molar-refractivity contribution in [2.75, 3.05) is 0 Å². The molecule has 21 heavy (non-hydrogen) atoms. The molecule has 1 saturated carbocycles. The third-order valence-electron chi connectivity index (χ3n) is 3.91. The summed E-state index contributed by atoms with van der Waals surface area (Å²) in [5.74, 6) is -0.608. The first-order valence-electron chi connectivity index (χ1n) is 6.95. The second-order valence-electron chi connectivity index (χ2n) is 5.66. The Morgan fingerprint density at radius 2 is 2.05 bits per heavy atom. The molecule has 0 saturated heterocycles. The Bertz CT molecular complexity index is 909. The highest BCUT2D eigenvalue weighted by Crippen LogP contribution is 2.40. The quantitative estimate of drug-likeness (QED) is 0.781. The number of aromatic nitrogens is 4. The van der Waals surface area contributed by atoms with Gasteiger partial charge >= 0.3 is 5.97 Å². The Kier molecular flexibility index (Phi) is 2.34. The van der Waals surface area contributed by atoms with E-state index in [1.165, 1.54) is 4.52 Å². The van der Waals surface area contributed by atoms with Crippen molar-refractivity contribution in [1.82, 2.24) is 19.6 Å². The molecule has 1 N–H and O–H groups in total. The molecule has 0 bridgehead atoms. The highest BCUT2D eigenvalue weighted by molar-refractivity contribution is 5.95. The Morgan fingerprint density at radius 3 is 2.71 bits per heavy atom. The lowest BCUT2D eigenvalue weighted by molar-refractivity contribution is 0.0687. The van der Waals surface area contributed by atoms with Gasteiger partial charge in [-0.3, -0.25) is 0 Å². The predicted molar refractivity (Wildman–Crippen MR) is 76.7 cm³/mol. The minimum absolute atomic E-state index is 0.150. The predicted octanol–water partition coefficient (Wildman–Crippen LogP) is 2.47. The van der Waals surface area contributed by atoms with Crippen LogP contribution in [0.25, 0.3) is 16.7 Å². The summed E-state index contributed by atoms with van der Waals surface area (Å²) in [4.78, 5) is 20.6. The maximum atomic E-state index is 11.5. The van der Waals surface area contributed by atoms with Crippen LogP contribution in [0.5, 0.6) is 0 Å². The van der Waals surface area contributed by atoms with Gasteiger partial charge in [-0.15, -0.1) is 5.10 Å². The lowest BCUT2D eigenvalue weighted by Gasteiger charge is -2.04. The second kappa shape index (κ2) is 4.00. The van der Waals surface area contributed by atoms with Crippen molar-refractivity contribution < 1.29 is 9.90 Å². The average molecular weight is 282 g/mol. The number of pyridine rings is 1. The molecule has 0 atom stereocenters. The van der Waals surface area contributed by atoms with Crippen LogP contribution < -0.4 is 0 Å². The Labute approximate surface area is 120 Å². The number of nitrogens with zero attached hydrogens (tertiary/aromatic N) is 4. The molecule has 106 valence electrons. The maximum Gasteiger partial charge on any atom is 0.354 e. The highest BCUT2D eigenvalue weighted by atomic mass is 16.4. The van der Waals surface area contributed by atoms with Gasteiger partial charge in [0, 0.05) is 17.3 Å². The van der Waals surface area contributed by atoms with Gasteiger partial charge in [-0.05, 0) is 44.4 Å². The molecule has 0 aromatic carbocycles. The first-order chi connectivity index (χ1) is 10.0. The number of carboxylic acids is 1. The fourth-order valence-corrected chi connectivity index (χ4v) is 2.78. The number of carboxylic acid groups (broad SMARTS) is 1. The molecule has 0 unspecified atom stereocenters. The largest absolute Gasteiger partial charge is 0.477 e. The van der Waals surface area contributed by atoms with E-state index in [0.29, 0.717) is 17.2 Å². The maximum absolute atomic E-state index is 11.5. The number of carbonyl (C=O) groups is 1. The van der Waals surface area contributed by atoms with Crippen molar-refractivity contribution in [2.24, 2.45) is 0 Å². The van der Waals surface area contributed by atoms with Gasteiger partial charge in [0.2, 0.25) is 0 Å². The van der Waals surface area contributed by atoms with Gasteiger partial charge in [-0.25, -0.2) is 19.3 Å². The van der Waals surface area contributed by atoms with Crippen molar-refractivity contribution >= 4 is 22.6 Å². The van der Waals surface area contributed by atoms with Crippen LogP contribution in [0, 0.1) is 13.8 Å². The molecule has 0 amide bonds. The van der Waals surface area contributed by atoms with Crippen molar-refractivity contribution in [3.8, 4) is 0 Å². The van der Waals surface area contributed by atoms with Gasteiger partial charge in [0.15, 0.2) is 17.0 Å². The third kappa shape index (κ3) is 1.79. The zero-order valence-corrected chi connectivity index (χ0v) is 11.8. The summed E-state index contributed by atoms with van der Waals surface area (Å²) < 4.78 is 1.40. The van der Waals surface area contributed by atoms with Gasteiger partial charge in [-0.1, -0.05) is 0 Å². The van der Waals surface area contributed by atoms with Gasteiger partial charge in [0.1, 0.15) is 0 Å². The van der Waals surface area contributed by atoms with Crippen LogP contribution in [0.3, 0.4) is 0 Å². The van der Waals surface area contributed by atoms with Gasteiger partial charge in [0.25, 0.3) is 0 Å². The minimum atomic E-state index is -0.994. The molecular formula is C15H14N4O2. The molecule has 0 radical (unpaired) electrons. The molecule has 3 heterocycles. The minimum Gasteiger partial charge on any atom is -0.477 e. The van der Waals surface area contributed by atoms with Crippen LogP contribution in [0.1, 0.15) is 46.2 Å². The molecule has 1 fully saturated rings. The number of aryl methyl sites for hydroxylation is 2. The third-order valence-corrected chi connectivity index (χ3v) is 3.91. The number of rotatable bonds is 2. The lowest BCUT2D eigenvalue weighted by Crippen LogP contribution is -2.09. The normalized spacial score (nSPS) is 15.0. The first kappa shape index (κ1) is 12.3. The summed E-state index contributed by atoms with van der Waals surface area (Å²) >= 11 is 0. The van der Waals surface area contributed by atoms with Crippen LogP contribution in [0.4, 0.5) is 0 Å². The monoisotopic (exact) mass is 282 g/mol. The fraction of sp³-hybridized carbons (Fsp3) is 0.333. The van der Waals surface area contributed by atoms with Gasteiger partial charge in [-0.2, -0.15) is 0 Å². The molecule has 3 aromatic rings. The Balaban J connectivity index is 2.17. The fourth-order valence-electron chi connectivity index (χ4n) is 2.78. The van der Waals surface area contributed by atoms with E-state index in [0.717, 1.165) is 35.2 Å². The van der Waals surface area contributed by atoms with Gasteiger partial charge in [0.05, 0.1) is 5.39 Å². The lowest BCUT2D eigenvalue weighted by atomic mass is 10.1. The van der Waals surface area contributed by atoms with E-state index < -0.39 is 5.97 Å². The van der Waals surface area contributed by atoms with Crippen LogP contribution in [-0.2, 0) is 0 Å². The molecule has 3 aromatic heterocycles. The summed E-state index contributed by atoms with van der Waals surface area (Å²) in [6.45, 7) is 3.88. The standard InChI is InChI=1S/C15H14N4O2/c1-7-5-8(2)16-13-12(7)14-17-10(9-3-4-9)6-11(15(20)21)19(14)18-13/h5-6,9H,3-4H2,1-2H3,(H,20,21). The molecule has 6 heteroatoms. The van der Waals surface area contributed by atoms with E-state index in [1.807, 2.05) is 19.9 Å². The van der Waals surface area contributed by atoms with Crippen LogP contribution in [-0.4, -0.2) is 30.7 Å². The highest BCUT2D eigenvalue weighted by Gasteiger charge is 2.28. The average Bonchev–Trinajstić information content (AvgIpc) is 3.18. The zero-order chi connectivity index (χ0) is 14.7. The molecule has 1 aliphatic carbocycles. The molecule has 6 nitrogen and oxygen atoms in total. The molecule has 1 aliphatic rings. The van der Waals surface area contributed by atoms with E-state index in [9.17, 15) is 9.90 Å². The van der Waals surface area contributed by atoms with Crippen LogP contribution in [0.15, 0.2) is 12.1 Å². The zero-order valence-electron chi connectivity index (χ0n) is 11.8. The van der Waals surface area contributed by atoms with Gasteiger partial charge < -0.3 is 5.11 Å². The summed E-state index contributed by atoms with van der Waals surface area (Å²) in [6, 6.07) is 3.61. The number of aromatic carboxylic acids is 1. The molecule has 0 aliphatic heterocycles. The Hall–Kier alpha value is -2.50. The van der Waals surface area contributed by atoms with Crippen LogP contribution in [0.2, 0.25) is 0 Å². The summed E-state index contributed by atoms with van der Waals surface area (Å²) in [6.07, 6.45) is 2.15. The van der Waals surface area contributed by atoms with Crippen LogP contribution >= 0.6 is 0 Å². The van der Waals surface area contributed by atoms with E-state index >= 15 is 0 Å². The Morgan fingerprint density at radius 1 is 1.29 bits per heavy atom.